The fourth-order valence-corrected chi connectivity index (χ4v) is 1.24. The van der Waals surface area contributed by atoms with Gasteiger partial charge in [-0.2, -0.15) is 0 Å². The summed E-state index contributed by atoms with van der Waals surface area (Å²) in [5.74, 6) is 5.89. The molecule has 3 heteroatoms. The zero-order valence-corrected chi connectivity index (χ0v) is 11.2. The summed E-state index contributed by atoms with van der Waals surface area (Å²) in [5, 5.41) is 0. The van der Waals surface area contributed by atoms with Gasteiger partial charge in [0.15, 0.2) is 5.60 Å². The first kappa shape index (κ1) is 14.1. The van der Waals surface area contributed by atoms with Gasteiger partial charge >= 0.3 is 6.16 Å². The van der Waals surface area contributed by atoms with Gasteiger partial charge in [0, 0.05) is 5.56 Å². The van der Waals surface area contributed by atoms with Crippen LogP contribution in [0.25, 0.3) is 0 Å². The Morgan fingerprint density at radius 2 is 1.89 bits per heavy atom. The summed E-state index contributed by atoms with van der Waals surface area (Å²) in [5.41, 5.74) is 1.21. The topological polar surface area (TPSA) is 35.5 Å². The maximum absolute atomic E-state index is 11.2. The number of hydrogen-bond donors (Lipinski definition) is 0. The monoisotopic (exact) mass is 246 g/mol. The Morgan fingerprint density at radius 1 is 1.28 bits per heavy atom. The zero-order valence-electron chi connectivity index (χ0n) is 11.2. The molecule has 1 aromatic rings. The van der Waals surface area contributed by atoms with Crippen molar-refractivity contribution in [3.8, 4) is 11.8 Å². The Morgan fingerprint density at radius 3 is 2.44 bits per heavy atom. The molecule has 0 spiro atoms. The average Bonchev–Trinajstić information content (AvgIpc) is 2.28. The van der Waals surface area contributed by atoms with Crippen LogP contribution in [0.5, 0.6) is 0 Å². The van der Waals surface area contributed by atoms with Crippen LogP contribution >= 0.6 is 0 Å². The molecule has 0 fully saturated rings. The third-order valence-electron chi connectivity index (χ3n) is 2.16. The van der Waals surface area contributed by atoms with Gasteiger partial charge in [0.25, 0.3) is 0 Å². The summed E-state index contributed by atoms with van der Waals surface area (Å²) >= 11 is 0. The normalized spacial score (nSPS) is 10.2. The predicted octanol–water partition coefficient (Wildman–Crippen LogP) is 3.30. The fourth-order valence-electron chi connectivity index (χ4n) is 1.24. The predicted molar refractivity (Wildman–Crippen MR) is 70.2 cm³/mol. The molecule has 0 aliphatic rings. The van der Waals surface area contributed by atoms with E-state index >= 15 is 0 Å². The molecular weight excluding hydrogens is 228 g/mol. The van der Waals surface area contributed by atoms with Crippen molar-refractivity contribution >= 4 is 6.16 Å². The van der Waals surface area contributed by atoms with Crippen molar-refractivity contribution in [1.82, 2.24) is 0 Å². The van der Waals surface area contributed by atoms with Crippen LogP contribution < -0.4 is 0 Å². The van der Waals surface area contributed by atoms with Gasteiger partial charge < -0.3 is 9.47 Å². The molecule has 0 aliphatic heterocycles. The zero-order chi connectivity index (χ0) is 13.6. The van der Waals surface area contributed by atoms with Crippen LogP contribution in [0.1, 0.15) is 31.9 Å². The Kier molecular flexibility index (Phi) is 4.79. The van der Waals surface area contributed by atoms with E-state index in [0.29, 0.717) is 6.61 Å². The highest BCUT2D eigenvalue weighted by Gasteiger charge is 2.20. The molecule has 0 radical (unpaired) electrons. The first-order chi connectivity index (χ1) is 8.43. The van der Waals surface area contributed by atoms with E-state index < -0.39 is 11.8 Å². The highest BCUT2D eigenvalue weighted by Crippen LogP contribution is 2.10. The molecule has 0 aromatic heterocycles. The van der Waals surface area contributed by atoms with Crippen LogP contribution in [0.3, 0.4) is 0 Å². The number of aryl methyl sites for hydroxylation is 1. The van der Waals surface area contributed by atoms with Crippen molar-refractivity contribution in [3.05, 3.63) is 35.4 Å². The molecular formula is C15H18O3. The Balaban J connectivity index is 2.70. The molecule has 1 aromatic carbocycles. The summed E-state index contributed by atoms with van der Waals surface area (Å²) in [7, 11) is 0. The number of rotatable bonds is 2. The van der Waals surface area contributed by atoms with Crippen molar-refractivity contribution in [2.75, 3.05) is 6.61 Å². The van der Waals surface area contributed by atoms with Gasteiger partial charge in [0.2, 0.25) is 0 Å². The molecule has 0 saturated heterocycles. The van der Waals surface area contributed by atoms with Gasteiger partial charge in [-0.1, -0.05) is 29.5 Å². The molecule has 3 nitrogen and oxygen atoms in total. The lowest BCUT2D eigenvalue weighted by molar-refractivity contribution is 0.0125. The third kappa shape index (κ3) is 4.92. The van der Waals surface area contributed by atoms with Crippen molar-refractivity contribution in [2.24, 2.45) is 0 Å². The van der Waals surface area contributed by atoms with Crippen molar-refractivity contribution < 1.29 is 14.3 Å². The summed E-state index contributed by atoms with van der Waals surface area (Å²) in [6.07, 6.45) is -0.694. The van der Waals surface area contributed by atoms with E-state index in [1.807, 2.05) is 31.2 Å². The van der Waals surface area contributed by atoms with E-state index in [-0.39, 0.29) is 0 Å². The molecule has 0 bridgehead atoms. The quantitative estimate of drug-likeness (QED) is 0.593. The highest BCUT2D eigenvalue weighted by atomic mass is 16.7. The van der Waals surface area contributed by atoms with Crippen molar-refractivity contribution in [1.29, 1.82) is 0 Å². The number of ether oxygens (including phenoxy) is 2. The van der Waals surface area contributed by atoms with Crippen LogP contribution in [-0.2, 0) is 9.47 Å². The lowest BCUT2D eigenvalue weighted by Crippen LogP contribution is -2.26. The Bertz CT molecular complexity index is 461. The van der Waals surface area contributed by atoms with Crippen LogP contribution in [-0.4, -0.2) is 18.4 Å². The maximum Gasteiger partial charge on any atom is 0.509 e. The van der Waals surface area contributed by atoms with Gasteiger partial charge in [0.05, 0.1) is 6.61 Å². The molecule has 0 heterocycles. The SMILES string of the molecule is CCOC(=O)OC(C)(C)C#Cc1ccc(C)cc1. The molecule has 0 unspecified atom stereocenters. The minimum atomic E-state index is -0.864. The second kappa shape index (κ2) is 6.11. The molecule has 0 atom stereocenters. The summed E-state index contributed by atoms with van der Waals surface area (Å²) in [6, 6.07) is 7.85. The Hall–Kier alpha value is -1.95. The molecule has 96 valence electrons. The molecule has 0 saturated carbocycles. The van der Waals surface area contributed by atoms with E-state index in [9.17, 15) is 4.79 Å². The van der Waals surface area contributed by atoms with Gasteiger partial charge in [-0.05, 0) is 39.8 Å². The first-order valence-electron chi connectivity index (χ1n) is 5.88. The van der Waals surface area contributed by atoms with Crippen LogP contribution in [0, 0.1) is 18.8 Å². The standard InChI is InChI=1S/C15H18O3/c1-5-17-14(16)18-15(3,4)11-10-13-8-6-12(2)7-9-13/h6-9H,5H2,1-4H3. The van der Waals surface area contributed by atoms with Crippen molar-refractivity contribution in [2.45, 2.75) is 33.3 Å². The molecule has 0 N–H and O–H groups in total. The number of hydrogen-bond acceptors (Lipinski definition) is 3. The van der Waals surface area contributed by atoms with E-state index in [2.05, 4.69) is 11.8 Å². The highest BCUT2D eigenvalue weighted by molar-refractivity contribution is 5.61. The van der Waals surface area contributed by atoms with Gasteiger partial charge in [-0.3, -0.25) is 0 Å². The van der Waals surface area contributed by atoms with Crippen molar-refractivity contribution in [3.63, 3.8) is 0 Å². The second-order valence-corrected chi connectivity index (χ2v) is 4.41. The van der Waals surface area contributed by atoms with E-state index in [1.165, 1.54) is 5.56 Å². The fraction of sp³-hybridized carbons (Fsp3) is 0.400. The number of benzene rings is 1. The lowest BCUT2D eigenvalue weighted by atomic mass is 10.1. The van der Waals surface area contributed by atoms with Gasteiger partial charge in [-0.15, -0.1) is 0 Å². The maximum atomic E-state index is 11.2. The summed E-state index contributed by atoms with van der Waals surface area (Å²) in [4.78, 5) is 11.2. The number of carbonyl (C=O) groups is 1. The number of carbonyl (C=O) groups excluding carboxylic acids is 1. The second-order valence-electron chi connectivity index (χ2n) is 4.41. The molecule has 18 heavy (non-hydrogen) atoms. The molecule has 1 rings (SSSR count). The van der Waals surface area contributed by atoms with Gasteiger partial charge in [0.1, 0.15) is 0 Å². The summed E-state index contributed by atoms with van der Waals surface area (Å²) in [6.45, 7) is 7.49. The van der Waals surface area contributed by atoms with Crippen LogP contribution in [0.15, 0.2) is 24.3 Å². The largest absolute Gasteiger partial charge is 0.509 e. The van der Waals surface area contributed by atoms with Gasteiger partial charge in [-0.25, -0.2) is 4.79 Å². The van der Waals surface area contributed by atoms with E-state index in [1.54, 1.807) is 20.8 Å². The summed E-state index contributed by atoms with van der Waals surface area (Å²) < 4.78 is 9.81. The average molecular weight is 246 g/mol. The third-order valence-corrected chi connectivity index (χ3v) is 2.16. The molecule has 0 amide bonds. The Labute approximate surface area is 108 Å². The lowest BCUT2D eigenvalue weighted by Gasteiger charge is -2.17. The first-order valence-corrected chi connectivity index (χ1v) is 5.88. The minimum Gasteiger partial charge on any atom is -0.435 e. The minimum absolute atomic E-state index is 0.292. The van der Waals surface area contributed by atoms with Crippen LogP contribution in [0.4, 0.5) is 4.79 Å². The molecule has 0 aliphatic carbocycles. The van der Waals surface area contributed by atoms with E-state index in [4.69, 9.17) is 9.47 Å². The van der Waals surface area contributed by atoms with E-state index in [0.717, 1.165) is 5.56 Å². The van der Waals surface area contributed by atoms with Crippen LogP contribution in [0.2, 0.25) is 0 Å². The smallest absolute Gasteiger partial charge is 0.435 e.